The summed E-state index contributed by atoms with van der Waals surface area (Å²) in [6, 6.07) is 15.3. The Kier molecular flexibility index (Phi) is 5.12. The van der Waals surface area contributed by atoms with Crippen molar-refractivity contribution in [3.05, 3.63) is 81.6 Å². The molecule has 26 heavy (non-hydrogen) atoms. The Morgan fingerprint density at radius 2 is 1.81 bits per heavy atom. The van der Waals surface area contributed by atoms with Gasteiger partial charge in [0.15, 0.2) is 0 Å². The van der Waals surface area contributed by atoms with Crippen molar-refractivity contribution >= 4 is 22.8 Å². The first-order valence-corrected chi connectivity index (χ1v) is 8.25. The van der Waals surface area contributed by atoms with Crippen LogP contribution in [0, 0.1) is 0 Å². The van der Waals surface area contributed by atoms with Crippen LogP contribution in [0.5, 0.6) is 0 Å². The molecule has 0 unspecified atom stereocenters. The Hall–Kier alpha value is -3.41. The first-order valence-electron chi connectivity index (χ1n) is 8.25. The van der Waals surface area contributed by atoms with Crippen LogP contribution >= 0.6 is 0 Å². The van der Waals surface area contributed by atoms with Gasteiger partial charge in [0.05, 0.1) is 17.7 Å². The summed E-state index contributed by atoms with van der Waals surface area (Å²) in [5, 5.41) is 3.48. The quantitative estimate of drug-likeness (QED) is 0.693. The number of H-pyrrole nitrogens is 1. The van der Waals surface area contributed by atoms with Crippen LogP contribution < -0.4 is 10.9 Å². The Labute approximate surface area is 149 Å². The Morgan fingerprint density at radius 1 is 1.08 bits per heavy atom. The third kappa shape index (κ3) is 3.80. The van der Waals surface area contributed by atoms with Crippen molar-refractivity contribution in [2.75, 3.05) is 6.61 Å². The molecule has 132 valence electrons. The van der Waals surface area contributed by atoms with E-state index in [4.69, 9.17) is 4.74 Å². The molecule has 0 spiro atoms. The fraction of sp³-hybridized carbons (Fsp3) is 0.150. The number of benzene rings is 2. The number of aromatic amines is 1. The van der Waals surface area contributed by atoms with Crippen molar-refractivity contribution in [1.82, 2.24) is 10.3 Å². The van der Waals surface area contributed by atoms with Gasteiger partial charge in [-0.2, -0.15) is 0 Å². The van der Waals surface area contributed by atoms with E-state index >= 15 is 0 Å². The van der Waals surface area contributed by atoms with Crippen molar-refractivity contribution in [3.63, 3.8) is 0 Å². The lowest BCUT2D eigenvalue weighted by Gasteiger charge is -2.08. The number of fused-ring (bicyclic) bond motifs is 1. The van der Waals surface area contributed by atoms with Gasteiger partial charge < -0.3 is 15.0 Å². The molecule has 6 heteroatoms. The highest BCUT2D eigenvalue weighted by atomic mass is 16.5. The second-order valence-electron chi connectivity index (χ2n) is 5.69. The molecule has 0 aliphatic rings. The van der Waals surface area contributed by atoms with E-state index in [0.717, 1.165) is 5.56 Å². The van der Waals surface area contributed by atoms with Crippen LogP contribution in [0.4, 0.5) is 0 Å². The maximum Gasteiger partial charge on any atom is 0.338 e. The number of amides is 1. The molecule has 0 saturated carbocycles. The first kappa shape index (κ1) is 17.4. The van der Waals surface area contributed by atoms with Crippen molar-refractivity contribution < 1.29 is 14.3 Å². The Balaban J connectivity index is 1.73. The van der Waals surface area contributed by atoms with Crippen molar-refractivity contribution in [2.45, 2.75) is 13.5 Å². The molecule has 1 amide bonds. The molecule has 0 aliphatic heterocycles. The van der Waals surface area contributed by atoms with E-state index in [-0.39, 0.29) is 24.0 Å². The van der Waals surface area contributed by atoms with E-state index in [9.17, 15) is 14.4 Å². The summed E-state index contributed by atoms with van der Waals surface area (Å²) in [4.78, 5) is 38.6. The maximum absolute atomic E-state index is 12.5. The molecule has 0 fully saturated rings. The van der Waals surface area contributed by atoms with E-state index in [0.29, 0.717) is 28.6 Å². The van der Waals surface area contributed by atoms with Gasteiger partial charge >= 0.3 is 5.97 Å². The molecule has 0 saturated heterocycles. The number of aromatic nitrogens is 1. The second kappa shape index (κ2) is 7.65. The minimum atomic E-state index is -0.377. The molecule has 3 aromatic rings. The standard InChI is InChI=1S/C20H18N2O4/c1-2-26-20(25)14-9-7-13(8-10-14)12-21-19(24)16-11-18(23)22-17-6-4-3-5-15(16)17/h3-11H,2,12H2,1H3,(H,21,24)(H,22,23). The number of carbonyl (C=O) groups excluding carboxylic acids is 2. The highest BCUT2D eigenvalue weighted by Crippen LogP contribution is 2.14. The third-order valence-electron chi connectivity index (χ3n) is 3.91. The number of hydrogen-bond acceptors (Lipinski definition) is 4. The van der Waals surface area contributed by atoms with Crippen molar-refractivity contribution in [2.24, 2.45) is 0 Å². The van der Waals surface area contributed by atoms with Gasteiger partial charge in [0.1, 0.15) is 0 Å². The zero-order valence-corrected chi connectivity index (χ0v) is 14.2. The average Bonchev–Trinajstić information content (AvgIpc) is 2.66. The molecule has 0 aliphatic carbocycles. The van der Waals surface area contributed by atoms with Gasteiger partial charge in [-0.05, 0) is 30.7 Å². The lowest BCUT2D eigenvalue weighted by Crippen LogP contribution is -2.24. The van der Waals surface area contributed by atoms with Gasteiger partial charge in [-0.3, -0.25) is 9.59 Å². The Morgan fingerprint density at radius 3 is 2.54 bits per heavy atom. The monoisotopic (exact) mass is 350 g/mol. The van der Waals surface area contributed by atoms with Gasteiger partial charge in [-0.25, -0.2) is 4.79 Å². The van der Waals surface area contributed by atoms with Crippen LogP contribution in [0.1, 0.15) is 33.2 Å². The molecule has 6 nitrogen and oxygen atoms in total. The lowest BCUT2D eigenvalue weighted by molar-refractivity contribution is 0.0526. The number of pyridine rings is 1. The van der Waals surface area contributed by atoms with Crippen molar-refractivity contribution in [1.29, 1.82) is 0 Å². The average molecular weight is 350 g/mol. The summed E-state index contributed by atoms with van der Waals surface area (Å²) < 4.78 is 4.93. The highest BCUT2D eigenvalue weighted by molar-refractivity contribution is 6.05. The van der Waals surface area contributed by atoms with Gasteiger partial charge in [0.2, 0.25) is 5.56 Å². The van der Waals surface area contributed by atoms with Crippen LogP contribution in [0.25, 0.3) is 10.9 Å². The van der Waals surface area contributed by atoms with E-state index in [2.05, 4.69) is 10.3 Å². The number of esters is 1. The van der Waals surface area contributed by atoms with Crippen LogP contribution in [0.3, 0.4) is 0 Å². The third-order valence-corrected chi connectivity index (χ3v) is 3.91. The van der Waals surface area contributed by atoms with Crippen LogP contribution in [-0.2, 0) is 11.3 Å². The van der Waals surface area contributed by atoms with E-state index in [1.807, 2.05) is 6.07 Å². The molecule has 3 rings (SSSR count). The van der Waals surface area contributed by atoms with Gasteiger partial charge in [-0.1, -0.05) is 30.3 Å². The minimum Gasteiger partial charge on any atom is -0.462 e. The summed E-state index contributed by atoms with van der Waals surface area (Å²) in [7, 11) is 0. The molecule has 0 bridgehead atoms. The first-order chi connectivity index (χ1) is 12.6. The largest absolute Gasteiger partial charge is 0.462 e. The fourth-order valence-electron chi connectivity index (χ4n) is 2.64. The summed E-state index contributed by atoms with van der Waals surface area (Å²) in [6.07, 6.45) is 0. The molecule has 2 aromatic carbocycles. The van der Waals surface area contributed by atoms with E-state index < -0.39 is 0 Å². The summed E-state index contributed by atoms with van der Waals surface area (Å²) >= 11 is 0. The molecule has 0 atom stereocenters. The predicted octanol–water partition coefficient (Wildman–Crippen LogP) is 2.63. The topological polar surface area (TPSA) is 88.3 Å². The maximum atomic E-state index is 12.5. The van der Waals surface area contributed by atoms with Crippen LogP contribution in [0.15, 0.2) is 59.4 Å². The minimum absolute atomic E-state index is 0.281. The number of para-hydroxylation sites is 1. The van der Waals surface area contributed by atoms with Gasteiger partial charge in [0.25, 0.3) is 5.91 Å². The SMILES string of the molecule is CCOC(=O)c1ccc(CNC(=O)c2cc(=O)[nH]c3ccccc23)cc1. The smallest absolute Gasteiger partial charge is 0.338 e. The zero-order chi connectivity index (χ0) is 18.5. The number of nitrogens with one attached hydrogen (secondary N) is 2. The van der Waals surface area contributed by atoms with Crippen LogP contribution in [-0.4, -0.2) is 23.5 Å². The molecule has 2 N–H and O–H groups in total. The number of rotatable bonds is 5. The Bertz CT molecular complexity index is 1010. The number of hydrogen-bond donors (Lipinski definition) is 2. The lowest BCUT2D eigenvalue weighted by atomic mass is 10.1. The molecule has 0 radical (unpaired) electrons. The normalized spacial score (nSPS) is 10.5. The van der Waals surface area contributed by atoms with Crippen molar-refractivity contribution in [3.8, 4) is 0 Å². The summed E-state index contributed by atoms with van der Waals surface area (Å²) in [6.45, 7) is 2.35. The second-order valence-corrected chi connectivity index (χ2v) is 5.69. The van der Waals surface area contributed by atoms with Crippen LogP contribution in [0.2, 0.25) is 0 Å². The summed E-state index contributed by atoms with van der Waals surface area (Å²) in [5.74, 6) is -0.708. The van der Waals surface area contributed by atoms with Gasteiger partial charge in [0, 0.05) is 23.5 Å². The number of ether oxygens (including phenoxy) is 1. The molecular weight excluding hydrogens is 332 g/mol. The predicted molar refractivity (Wildman–Crippen MR) is 98.1 cm³/mol. The summed E-state index contributed by atoms with van der Waals surface area (Å²) in [5.41, 5.74) is 1.91. The zero-order valence-electron chi connectivity index (χ0n) is 14.2. The van der Waals surface area contributed by atoms with E-state index in [1.54, 1.807) is 49.4 Å². The fourth-order valence-corrected chi connectivity index (χ4v) is 2.64. The van der Waals surface area contributed by atoms with E-state index in [1.165, 1.54) is 6.07 Å². The highest BCUT2D eigenvalue weighted by Gasteiger charge is 2.12. The number of carbonyl (C=O) groups is 2. The molecule has 1 heterocycles. The molecule has 1 aromatic heterocycles. The molecular formula is C20H18N2O4. The van der Waals surface area contributed by atoms with Gasteiger partial charge in [-0.15, -0.1) is 0 Å².